The van der Waals surface area contributed by atoms with Crippen molar-refractivity contribution >= 4 is 75.3 Å². The molecule has 0 spiro atoms. The normalized spacial score (nSPS) is 12.1. The summed E-state index contributed by atoms with van der Waals surface area (Å²) in [5.74, 6) is 0.853. The lowest BCUT2D eigenvalue weighted by Gasteiger charge is -2.14. The van der Waals surface area contributed by atoms with Crippen molar-refractivity contribution in [3.05, 3.63) is 115 Å². The molecule has 0 saturated heterocycles. The maximum absolute atomic E-state index is 5.48. The number of fused-ring (bicyclic) bond motifs is 8. The van der Waals surface area contributed by atoms with E-state index in [9.17, 15) is 0 Å². The first-order chi connectivity index (χ1) is 19.7. The van der Waals surface area contributed by atoms with Crippen LogP contribution in [0.15, 0.2) is 115 Å². The number of hydrogen-bond donors (Lipinski definition) is 0. The third kappa shape index (κ3) is 2.95. The molecule has 4 aromatic heterocycles. The molecule has 0 aliphatic rings. The molecular weight excluding hydrogens is 508 g/mol. The quantitative estimate of drug-likeness (QED) is 0.223. The molecule has 0 amide bonds. The molecule has 4 heterocycles. The van der Waals surface area contributed by atoms with Crippen LogP contribution in [0.25, 0.3) is 81.0 Å². The van der Waals surface area contributed by atoms with Crippen LogP contribution >= 0.6 is 11.3 Å². The Morgan fingerprint density at radius 1 is 0.625 bits per heavy atom. The minimum atomic E-state index is 0.853. The summed E-state index contributed by atoms with van der Waals surface area (Å²) < 4.78 is 5.71. The van der Waals surface area contributed by atoms with Crippen molar-refractivity contribution in [2.45, 2.75) is 0 Å². The van der Waals surface area contributed by atoms with E-state index in [2.05, 4.69) is 132 Å². The lowest BCUT2D eigenvalue weighted by molar-refractivity contribution is 0.968. The zero-order valence-electron chi connectivity index (χ0n) is 21.7. The highest BCUT2D eigenvalue weighted by atomic mass is 32.1. The summed E-state index contributed by atoms with van der Waals surface area (Å²) in [5, 5.41) is 7.21. The molecule has 9 aromatic rings. The van der Waals surface area contributed by atoms with Gasteiger partial charge in [0.2, 0.25) is 0 Å². The average Bonchev–Trinajstić information content (AvgIpc) is 3.66. The van der Waals surface area contributed by atoms with Crippen LogP contribution in [0.1, 0.15) is 0 Å². The van der Waals surface area contributed by atoms with E-state index < -0.39 is 0 Å². The fraction of sp³-hybridized carbons (Fsp3) is 0.0286. The Balaban J connectivity index is 1.50. The van der Waals surface area contributed by atoms with E-state index in [4.69, 9.17) is 9.97 Å². The molecule has 4 nitrogen and oxygen atoms in total. The summed E-state index contributed by atoms with van der Waals surface area (Å²) >= 11 is 1.71. The topological polar surface area (TPSA) is 35.6 Å². The Morgan fingerprint density at radius 2 is 1.38 bits per heavy atom. The second kappa shape index (κ2) is 8.01. The van der Waals surface area contributed by atoms with E-state index in [0.717, 1.165) is 49.4 Å². The van der Waals surface area contributed by atoms with Gasteiger partial charge in [0.05, 0.1) is 16.6 Å². The Morgan fingerprint density at radius 3 is 2.27 bits per heavy atom. The monoisotopic (exact) mass is 530 g/mol. The van der Waals surface area contributed by atoms with Crippen LogP contribution < -0.4 is 0 Å². The van der Waals surface area contributed by atoms with Crippen LogP contribution in [-0.2, 0) is 7.05 Å². The molecule has 0 aliphatic heterocycles. The minimum absolute atomic E-state index is 0.853. The summed E-state index contributed by atoms with van der Waals surface area (Å²) in [6.45, 7) is 0. The van der Waals surface area contributed by atoms with Gasteiger partial charge in [-0.05, 0) is 41.1 Å². The predicted octanol–water partition coefficient (Wildman–Crippen LogP) is 9.25. The molecule has 0 unspecified atom stereocenters. The third-order valence-electron chi connectivity index (χ3n) is 8.10. The fourth-order valence-corrected chi connectivity index (χ4v) is 7.30. The molecule has 0 fully saturated rings. The van der Waals surface area contributed by atoms with Crippen molar-refractivity contribution in [1.82, 2.24) is 19.1 Å². The second-order valence-corrected chi connectivity index (χ2v) is 11.4. The van der Waals surface area contributed by atoms with Crippen molar-refractivity contribution in [3.8, 4) is 17.1 Å². The minimum Gasteiger partial charge on any atom is -0.350 e. The number of benzene rings is 5. The summed E-state index contributed by atoms with van der Waals surface area (Å²) in [4.78, 5) is 11.8. The van der Waals surface area contributed by atoms with Gasteiger partial charge < -0.3 is 4.57 Å². The fourth-order valence-electron chi connectivity index (χ4n) is 6.28. The zero-order chi connectivity index (χ0) is 26.4. The lowest BCUT2D eigenvalue weighted by Crippen LogP contribution is -2.04. The van der Waals surface area contributed by atoms with Crippen LogP contribution in [0.2, 0.25) is 0 Å². The van der Waals surface area contributed by atoms with Gasteiger partial charge in [-0.1, -0.05) is 78.9 Å². The first-order valence-corrected chi connectivity index (χ1v) is 14.2. The molecule has 0 radical (unpaired) electrons. The summed E-state index contributed by atoms with van der Waals surface area (Å²) in [5.41, 5.74) is 6.34. The number of aromatic nitrogens is 4. The molecular formula is C35H22N4S. The molecule has 0 bridgehead atoms. The molecule has 0 saturated carbocycles. The van der Waals surface area contributed by atoms with Crippen molar-refractivity contribution in [2.24, 2.45) is 7.05 Å². The highest BCUT2D eigenvalue weighted by Gasteiger charge is 2.22. The van der Waals surface area contributed by atoms with Gasteiger partial charge >= 0.3 is 0 Å². The molecule has 0 atom stereocenters. The van der Waals surface area contributed by atoms with Gasteiger partial charge in [-0.3, -0.25) is 4.57 Å². The van der Waals surface area contributed by atoms with E-state index in [1.807, 2.05) is 0 Å². The standard InChI is InChI=1S/C35H22N4S/c1-38-18-17-21-11-8-14-26(33(21)38)31-34(36-32-25-13-5-7-16-30(25)40-35(32)37-31)39-28-15-6-4-12-24(28)27-19-22-9-2-3-10-23(22)20-29(27)39/h2-20H,1H3. The molecule has 9 rings (SSSR count). The van der Waals surface area contributed by atoms with Crippen molar-refractivity contribution in [2.75, 3.05) is 0 Å². The summed E-state index contributed by atoms with van der Waals surface area (Å²) in [7, 11) is 2.10. The largest absolute Gasteiger partial charge is 0.350 e. The van der Waals surface area contributed by atoms with Crippen LogP contribution in [0.5, 0.6) is 0 Å². The number of rotatable bonds is 2. The van der Waals surface area contributed by atoms with Gasteiger partial charge in [-0.2, -0.15) is 0 Å². The van der Waals surface area contributed by atoms with E-state index >= 15 is 0 Å². The van der Waals surface area contributed by atoms with Crippen LogP contribution in [-0.4, -0.2) is 19.1 Å². The molecule has 188 valence electrons. The third-order valence-corrected chi connectivity index (χ3v) is 9.15. The first-order valence-electron chi connectivity index (χ1n) is 13.4. The van der Waals surface area contributed by atoms with Gasteiger partial charge in [0, 0.05) is 45.1 Å². The molecule has 5 aromatic carbocycles. The molecule has 40 heavy (non-hydrogen) atoms. The van der Waals surface area contributed by atoms with Crippen molar-refractivity contribution in [1.29, 1.82) is 0 Å². The predicted molar refractivity (Wildman–Crippen MR) is 169 cm³/mol. The maximum atomic E-state index is 5.48. The van der Waals surface area contributed by atoms with Crippen molar-refractivity contribution < 1.29 is 0 Å². The van der Waals surface area contributed by atoms with Crippen LogP contribution in [0.3, 0.4) is 0 Å². The number of nitrogens with zero attached hydrogens (tertiary/aromatic N) is 4. The van der Waals surface area contributed by atoms with Gasteiger partial charge in [0.15, 0.2) is 5.82 Å². The van der Waals surface area contributed by atoms with Crippen LogP contribution in [0, 0.1) is 0 Å². The average molecular weight is 531 g/mol. The van der Waals surface area contributed by atoms with Gasteiger partial charge in [-0.25, -0.2) is 9.97 Å². The second-order valence-electron chi connectivity index (χ2n) is 10.4. The van der Waals surface area contributed by atoms with E-state index in [1.165, 1.54) is 31.6 Å². The summed E-state index contributed by atoms with van der Waals surface area (Å²) in [6.07, 6.45) is 2.12. The van der Waals surface area contributed by atoms with Gasteiger partial charge in [0.1, 0.15) is 16.0 Å². The van der Waals surface area contributed by atoms with E-state index in [0.29, 0.717) is 0 Å². The number of para-hydroxylation sites is 2. The molecule has 0 aliphatic carbocycles. The number of aryl methyl sites for hydroxylation is 1. The highest BCUT2D eigenvalue weighted by Crippen LogP contribution is 2.41. The number of thiophene rings is 1. The Kier molecular flexibility index (Phi) is 4.38. The number of hydrogen-bond acceptors (Lipinski definition) is 3. The first kappa shape index (κ1) is 21.9. The Labute approximate surface area is 233 Å². The van der Waals surface area contributed by atoms with Gasteiger partial charge in [-0.15, -0.1) is 11.3 Å². The lowest BCUT2D eigenvalue weighted by atomic mass is 10.1. The van der Waals surface area contributed by atoms with E-state index in [1.54, 1.807) is 11.3 Å². The smallest absolute Gasteiger partial charge is 0.165 e. The van der Waals surface area contributed by atoms with E-state index in [-0.39, 0.29) is 0 Å². The zero-order valence-corrected chi connectivity index (χ0v) is 22.5. The molecule has 0 N–H and O–H groups in total. The van der Waals surface area contributed by atoms with Crippen molar-refractivity contribution in [3.63, 3.8) is 0 Å². The molecule has 5 heteroatoms. The SMILES string of the molecule is Cn1ccc2cccc(-c3nc4sc5ccccc5c4nc3-n3c4ccccc4c4cc5ccccc5cc43)c21. The van der Waals surface area contributed by atoms with Gasteiger partial charge in [0.25, 0.3) is 0 Å². The highest BCUT2D eigenvalue weighted by molar-refractivity contribution is 7.25. The maximum Gasteiger partial charge on any atom is 0.165 e. The Bertz CT molecular complexity index is 2460. The van der Waals surface area contributed by atoms with Crippen LogP contribution in [0.4, 0.5) is 0 Å². The Hall–Kier alpha value is -5.00. The summed E-state index contributed by atoms with van der Waals surface area (Å²) in [6, 6.07) is 39.0.